The minimum absolute atomic E-state index is 0.119. The van der Waals surface area contributed by atoms with Crippen molar-refractivity contribution in [3.05, 3.63) is 24.1 Å². The molecule has 1 aliphatic rings. The molecule has 6 heteroatoms. The van der Waals surface area contributed by atoms with Crippen LogP contribution in [0.1, 0.15) is 0 Å². The molecule has 86 valence electrons. The summed E-state index contributed by atoms with van der Waals surface area (Å²) in [6.45, 7) is 0.833. The van der Waals surface area contributed by atoms with E-state index in [1.165, 1.54) is 12.1 Å². The number of hydrogen-bond donors (Lipinski definition) is 2. The van der Waals surface area contributed by atoms with Gasteiger partial charge in [0.2, 0.25) is 5.91 Å². The summed E-state index contributed by atoms with van der Waals surface area (Å²) >= 11 is 1.74. The third-order valence-corrected chi connectivity index (χ3v) is 3.28. The van der Waals surface area contributed by atoms with E-state index in [1.54, 1.807) is 11.8 Å². The Bertz CT molecular complexity index is 365. The third kappa shape index (κ3) is 2.93. The lowest BCUT2D eigenvalue weighted by Crippen LogP contribution is -2.46. The van der Waals surface area contributed by atoms with Gasteiger partial charge >= 0.3 is 0 Å². The summed E-state index contributed by atoms with van der Waals surface area (Å²) < 4.78 is 12.6. The van der Waals surface area contributed by atoms with E-state index in [0.717, 1.165) is 24.2 Å². The Morgan fingerprint density at radius 1 is 1.62 bits per heavy atom. The quantitative estimate of drug-likeness (QED) is 0.806. The number of amides is 1. The number of halogens is 1. The van der Waals surface area contributed by atoms with Crippen LogP contribution >= 0.6 is 11.8 Å². The molecule has 0 aromatic carbocycles. The lowest BCUT2D eigenvalue weighted by atomic mass is 10.3. The number of carbonyl (C=O) groups excluding carboxylic acids is 1. The first kappa shape index (κ1) is 11.3. The smallest absolute Gasteiger partial charge is 0.243 e. The number of pyridine rings is 1. The van der Waals surface area contributed by atoms with E-state index in [0.29, 0.717) is 5.82 Å². The predicted molar refractivity (Wildman–Crippen MR) is 61.9 cm³/mol. The summed E-state index contributed by atoms with van der Waals surface area (Å²) in [4.78, 5) is 15.5. The van der Waals surface area contributed by atoms with E-state index >= 15 is 0 Å². The van der Waals surface area contributed by atoms with Crippen molar-refractivity contribution < 1.29 is 9.18 Å². The van der Waals surface area contributed by atoms with Crippen molar-refractivity contribution >= 4 is 23.5 Å². The molecule has 1 fully saturated rings. The monoisotopic (exact) mass is 241 g/mol. The number of hydrogen-bond acceptors (Lipinski definition) is 4. The van der Waals surface area contributed by atoms with Crippen molar-refractivity contribution in [2.75, 3.05) is 23.4 Å². The normalized spacial score (nSPS) is 20.4. The summed E-state index contributed by atoms with van der Waals surface area (Å²) in [6.07, 6.45) is 1.08. The van der Waals surface area contributed by atoms with Gasteiger partial charge in [-0.05, 0) is 12.1 Å². The maximum atomic E-state index is 12.6. The highest BCUT2D eigenvalue weighted by Gasteiger charge is 2.20. The molecule has 1 aliphatic heterocycles. The molecule has 0 bridgehead atoms. The number of aromatic nitrogens is 1. The topological polar surface area (TPSA) is 54.0 Å². The van der Waals surface area contributed by atoms with Gasteiger partial charge in [-0.15, -0.1) is 0 Å². The van der Waals surface area contributed by atoms with Gasteiger partial charge in [-0.1, -0.05) is 0 Å². The van der Waals surface area contributed by atoms with Crippen molar-refractivity contribution in [2.24, 2.45) is 0 Å². The van der Waals surface area contributed by atoms with Gasteiger partial charge < -0.3 is 10.6 Å². The number of thioether (sulfide) groups is 1. The average Bonchev–Trinajstić information content (AvgIpc) is 2.33. The van der Waals surface area contributed by atoms with E-state index < -0.39 is 5.82 Å². The van der Waals surface area contributed by atoms with Crippen LogP contribution in [0.3, 0.4) is 0 Å². The highest BCUT2D eigenvalue weighted by Crippen LogP contribution is 2.10. The second kappa shape index (κ2) is 5.27. The van der Waals surface area contributed by atoms with Gasteiger partial charge in [0, 0.05) is 18.1 Å². The van der Waals surface area contributed by atoms with Crippen molar-refractivity contribution in [2.45, 2.75) is 6.04 Å². The molecule has 2 N–H and O–H groups in total. The van der Waals surface area contributed by atoms with Gasteiger partial charge in [-0.3, -0.25) is 4.79 Å². The largest absolute Gasteiger partial charge is 0.309 e. The number of nitrogens with one attached hydrogen (secondary N) is 2. The van der Waals surface area contributed by atoms with Crippen LogP contribution in [0, 0.1) is 5.82 Å². The SMILES string of the molecule is O=C(Nc1ccc(F)cn1)C1CSCCN1. The summed E-state index contributed by atoms with van der Waals surface area (Å²) in [6, 6.07) is 2.53. The third-order valence-electron chi connectivity index (χ3n) is 2.22. The van der Waals surface area contributed by atoms with Crippen molar-refractivity contribution in [1.29, 1.82) is 0 Å². The fourth-order valence-electron chi connectivity index (χ4n) is 1.40. The van der Waals surface area contributed by atoms with E-state index in [-0.39, 0.29) is 11.9 Å². The predicted octanol–water partition coefficient (Wildman–Crippen LogP) is 0.864. The summed E-state index contributed by atoms with van der Waals surface area (Å²) in [7, 11) is 0. The molecule has 2 rings (SSSR count). The lowest BCUT2D eigenvalue weighted by Gasteiger charge is -2.21. The molecule has 4 nitrogen and oxygen atoms in total. The Morgan fingerprint density at radius 2 is 2.50 bits per heavy atom. The molecule has 2 heterocycles. The zero-order valence-corrected chi connectivity index (χ0v) is 9.39. The maximum Gasteiger partial charge on any atom is 0.243 e. The second-order valence-electron chi connectivity index (χ2n) is 3.43. The Balaban J connectivity index is 1.93. The summed E-state index contributed by atoms with van der Waals surface area (Å²) in [5.74, 6) is 1.63. The highest BCUT2D eigenvalue weighted by atomic mass is 32.2. The first-order valence-corrected chi connectivity index (χ1v) is 6.15. The zero-order chi connectivity index (χ0) is 11.4. The lowest BCUT2D eigenvalue weighted by molar-refractivity contribution is -0.117. The molecule has 0 spiro atoms. The molecule has 1 unspecified atom stereocenters. The van der Waals surface area contributed by atoms with Gasteiger partial charge in [0.05, 0.1) is 12.2 Å². The molecular weight excluding hydrogens is 229 g/mol. The number of rotatable bonds is 2. The van der Waals surface area contributed by atoms with Crippen molar-refractivity contribution in [1.82, 2.24) is 10.3 Å². The Hall–Kier alpha value is -1.14. The first-order chi connectivity index (χ1) is 7.75. The van der Waals surface area contributed by atoms with Crippen LogP contribution in [0.25, 0.3) is 0 Å². The van der Waals surface area contributed by atoms with Crippen LogP contribution in [0.5, 0.6) is 0 Å². The van der Waals surface area contributed by atoms with Gasteiger partial charge in [0.15, 0.2) is 0 Å². The summed E-state index contributed by atoms with van der Waals surface area (Å²) in [5.41, 5.74) is 0. The number of nitrogens with zero attached hydrogens (tertiary/aromatic N) is 1. The van der Waals surface area contributed by atoms with Crippen LogP contribution < -0.4 is 10.6 Å². The Labute approximate surface area is 97.0 Å². The van der Waals surface area contributed by atoms with Crippen molar-refractivity contribution in [3.8, 4) is 0 Å². The molecule has 0 saturated carbocycles. The average molecular weight is 241 g/mol. The molecule has 0 aliphatic carbocycles. The second-order valence-corrected chi connectivity index (χ2v) is 4.58. The molecule has 16 heavy (non-hydrogen) atoms. The summed E-state index contributed by atoms with van der Waals surface area (Å²) in [5, 5.41) is 5.76. The van der Waals surface area contributed by atoms with E-state index in [2.05, 4.69) is 15.6 Å². The van der Waals surface area contributed by atoms with Gasteiger partial charge in [0.1, 0.15) is 11.6 Å². The van der Waals surface area contributed by atoms with Crippen molar-refractivity contribution in [3.63, 3.8) is 0 Å². The number of carbonyl (C=O) groups is 1. The fourth-order valence-corrected chi connectivity index (χ4v) is 2.33. The molecule has 1 amide bonds. The van der Waals surface area contributed by atoms with Gasteiger partial charge in [0.25, 0.3) is 0 Å². The molecule has 1 aromatic rings. The molecular formula is C10H12FN3OS. The fraction of sp³-hybridized carbons (Fsp3) is 0.400. The van der Waals surface area contributed by atoms with Crippen LogP contribution in [0.2, 0.25) is 0 Å². The molecule has 1 atom stereocenters. The zero-order valence-electron chi connectivity index (χ0n) is 8.57. The minimum Gasteiger partial charge on any atom is -0.309 e. The standard InChI is InChI=1S/C10H12FN3OS/c11-7-1-2-9(13-5-7)14-10(15)8-6-16-4-3-12-8/h1-2,5,8,12H,3-4,6H2,(H,13,14,15). The Morgan fingerprint density at radius 3 is 3.12 bits per heavy atom. The number of anilines is 1. The van der Waals surface area contributed by atoms with Crippen LogP contribution in [0.15, 0.2) is 18.3 Å². The highest BCUT2D eigenvalue weighted by molar-refractivity contribution is 7.99. The Kier molecular flexibility index (Phi) is 3.74. The van der Waals surface area contributed by atoms with E-state index in [1.807, 2.05) is 0 Å². The maximum absolute atomic E-state index is 12.6. The van der Waals surface area contributed by atoms with E-state index in [9.17, 15) is 9.18 Å². The van der Waals surface area contributed by atoms with Gasteiger partial charge in [-0.25, -0.2) is 9.37 Å². The van der Waals surface area contributed by atoms with Gasteiger partial charge in [-0.2, -0.15) is 11.8 Å². The first-order valence-electron chi connectivity index (χ1n) is 4.99. The van der Waals surface area contributed by atoms with Crippen LogP contribution in [0.4, 0.5) is 10.2 Å². The van der Waals surface area contributed by atoms with Crippen LogP contribution in [-0.2, 0) is 4.79 Å². The molecule has 1 saturated heterocycles. The molecule has 0 radical (unpaired) electrons. The van der Waals surface area contributed by atoms with E-state index in [4.69, 9.17) is 0 Å². The van der Waals surface area contributed by atoms with Crippen LogP contribution in [-0.4, -0.2) is 35.0 Å². The molecule has 1 aromatic heterocycles. The minimum atomic E-state index is -0.413.